The van der Waals surface area contributed by atoms with Gasteiger partial charge in [-0.25, -0.2) is 9.18 Å². The number of hydrogen-bond donors (Lipinski definition) is 1. The molecule has 1 aliphatic heterocycles. The summed E-state index contributed by atoms with van der Waals surface area (Å²) in [6, 6.07) is 17.4. The van der Waals surface area contributed by atoms with Gasteiger partial charge in [0.15, 0.2) is 17.6 Å². The van der Waals surface area contributed by atoms with Gasteiger partial charge < -0.3 is 24.3 Å². The summed E-state index contributed by atoms with van der Waals surface area (Å²) in [6.45, 7) is 1.83. The molecule has 3 aromatic rings. The summed E-state index contributed by atoms with van der Waals surface area (Å²) in [5.41, 5.74) is 1.52. The van der Waals surface area contributed by atoms with Crippen LogP contribution in [0.4, 0.5) is 10.1 Å². The highest BCUT2D eigenvalue weighted by atomic mass is 19.1. The summed E-state index contributed by atoms with van der Waals surface area (Å²) in [6.07, 6.45) is -1.03. The second-order valence-electron chi connectivity index (χ2n) is 7.05. The fraction of sp³-hybridized carbons (Fsp3) is 0.167. The average molecular weight is 437 g/mol. The van der Waals surface area contributed by atoms with Crippen LogP contribution in [0.25, 0.3) is 0 Å². The number of ether oxygens (including phenoxy) is 4. The molecule has 4 rings (SSSR count). The van der Waals surface area contributed by atoms with E-state index in [1.165, 1.54) is 25.1 Å². The van der Waals surface area contributed by atoms with E-state index in [9.17, 15) is 14.0 Å². The molecule has 0 aliphatic carbocycles. The van der Waals surface area contributed by atoms with E-state index in [4.69, 9.17) is 18.9 Å². The van der Waals surface area contributed by atoms with Gasteiger partial charge in [0.25, 0.3) is 5.91 Å². The Bertz CT molecular complexity index is 1130. The van der Waals surface area contributed by atoms with Gasteiger partial charge in [0.1, 0.15) is 18.2 Å². The Morgan fingerprint density at radius 1 is 1.03 bits per heavy atom. The average Bonchev–Trinajstić information content (AvgIpc) is 3.27. The third-order valence-corrected chi connectivity index (χ3v) is 4.68. The summed E-state index contributed by atoms with van der Waals surface area (Å²) in [5.74, 6) is 0.108. The van der Waals surface area contributed by atoms with Crippen LogP contribution in [0.5, 0.6) is 17.2 Å². The van der Waals surface area contributed by atoms with Gasteiger partial charge in [-0.3, -0.25) is 4.79 Å². The second kappa shape index (κ2) is 9.38. The van der Waals surface area contributed by atoms with Crippen LogP contribution >= 0.6 is 0 Å². The number of anilines is 1. The third-order valence-electron chi connectivity index (χ3n) is 4.68. The van der Waals surface area contributed by atoms with E-state index in [1.807, 2.05) is 0 Å². The van der Waals surface area contributed by atoms with E-state index in [2.05, 4.69) is 5.32 Å². The Kier molecular flexibility index (Phi) is 6.21. The van der Waals surface area contributed by atoms with Crippen molar-refractivity contribution in [2.45, 2.75) is 19.6 Å². The van der Waals surface area contributed by atoms with Crippen molar-refractivity contribution in [2.75, 3.05) is 12.1 Å². The minimum absolute atomic E-state index is 0.132. The van der Waals surface area contributed by atoms with Crippen LogP contribution in [-0.2, 0) is 16.1 Å². The van der Waals surface area contributed by atoms with Crippen molar-refractivity contribution in [3.8, 4) is 17.2 Å². The maximum atomic E-state index is 13.0. The second-order valence-corrected chi connectivity index (χ2v) is 7.05. The quantitative estimate of drug-likeness (QED) is 0.555. The summed E-state index contributed by atoms with van der Waals surface area (Å²) in [7, 11) is 0. The van der Waals surface area contributed by atoms with Crippen LogP contribution in [-0.4, -0.2) is 24.8 Å². The predicted molar refractivity (Wildman–Crippen MR) is 113 cm³/mol. The van der Waals surface area contributed by atoms with Gasteiger partial charge in [-0.05, 0) is 55.0 Å². The topological polar surface area (TPSA) is 83.1 Å². The lowest BCUT2D eigenvalue weighted by Crippen LogP contribution is -2.30. The molecule has 0 aromatic heterocycles. The van der Waals surface area contributed by atoms with E-state index in [-0.39, 0.29) is 24.8 Å². The molecular formula is C24H20FNO6. The van der Waals surface area contributed by atoms with Crippen molar-refractivity contribution in [1.29, 1.82) is 0 Å². The fourth-order valence-corrected chi connectivity index (χ4v) is 2.96. The maximum Gasteiger partial charge on any atom is 0.339 e. The first-order chi connectivity index (χ1) is 15.5. The normalized spacial score (nSPS) is 12.7. The first-order valence-corrected chi connectivity index (χ1v) is 9.87. The summed E-state index contributed by atoms with van der Waals surface area (Å²) in [4.78, 5) is 24.9. The fourth-order valence-electron chi connectivity index (χ4n) is 2.96. The number of carbonyl (C=O) groups is 2. The molecule has 7 nitrogen and oxygen atoms in total. The van der Waals surface area contributed by atoms with Crippen molar-refractivity contribution in [1.82, 2.24) is 0 Å². The number of hydrogen-bond acceptors (Lipinski definition) is 6. The lowest BCUT2D eigenvalue weighted by Gasteiger charge is -2.14. The van der Waals surface area contributed by atoms with Crippen LogP contribution in [0.15, 0.2) is 66.7 Å². The number of esters is 1. The molecule has 32 heavy (non-hydrogen) atoms. The van der Waals surface area contributed by atoms with Crippen LogP contribution < -0.4 is 19.5 Å². The molecule has 1 unspecified atom stereocenters. The molecule has 0 saturated heterocycles. The maximum absolute atomic E-state index is 13.0. The zero-order valence-corrected chi connectivity index (χ0v) is 17.2. The van der Waals surface area contributed by atoms with Gasteiger partial charge in [0, 0.05) is 11.8 Å². The van der Waals surface area contributed by atoms with Crippen molar-refractivity contribution in [3.05, 3.63) is 83.7 Å². The molecule has 164 valence electrons. The SMILES string of the molecule is CC(OC(=O)c1cccc(OCc2ccc(F)cc2)c1)C(=O)Nc1ccc2c(c1)OCO2. The number of amides is 1. The minimum atomic E-state index is -1.03. The van der Waals surface area contributed by atoms with Crippen molar-refractivity contribution in [3.63, 3.8) is 0 Å². The number of fused-ring (bicyclic) bond motifs is 1. The van der Waals surface area contributed by atoms with Crippen LogP contribution in [0.1, 0.15) is 22.8 Å². The Morgan fingerprint density at radius 3 is 2.62 bits per heavy atom. The molecule has 0 fully saturated rings. The van der Waals surface area contributed by atoms with E-state index in [1.54, 1.807) is 48.5 Å². The Labute approximate surface area is 183 Å². The van der Waals surface area contributed by atoms with Crippen LogP contribution in [0, 0.1) is 5.82 Å². The summed E-state index contributed by atoms with van der Waals surface area (Å²) < 4.78 is 34.5. The largest absolute Gasteiger partial charge is 0.489 e. The molecule has 1 aliphatic rings. The molecular weight excluding hydrogens is 417 g/mol. The number of benzene rings is 3. The predicted octanol–water partition coefficient (Wildman–Crippen LogP) is 4.32. The molecule has 0 saturated carbocycles. The molecule has 1 atom stereocenters. The summed E-state index contributed by atoms with van der Waals surface area (Å²) >= 11 is 0. The van der Waals surface area contributed by atoms with Gasteiger partial charge in [-0.15, -0.1) is 0 Å². The number of nitrogens with one attached hydrogen (secondary N) is 1. The Morgan fingerprint density at radius 2 is 1.81 bits per heavy atom. The van der Waals surface area contributed by atoms with E-state index < -0.39 is 18.0 Å². The Balaban J connectivity index is 1.33. The van der Waals surface area contributed by atoms with E-state index in [0.717, 1.165) is 5.56 Å². The third kappa shape index (κ3) is 5.15. The van der Waals surface area contributed by atoms with Gasteiger partial charge in [0.05, 0.1) is 5.56 Å². The zero-order valence-electron chi connectivity index (χ0n) is 17.2. The molecule has 3 aromatic carbocycles. The molecule has 0 bridgehead atoms. The Hall–Kier alpha value is -4.07. The lowest BCUT2D eigenvalue weighted by molar-refractivity contribution is -0.123. The van der Waals surface area contributed by atoms with Gasteiger partial charge in [-0.1, -0.05) is 18.2 Å². The highest BCUT2D eigenvalue weighted by Gasteiger charge is 2.21. The first kappa shape index (κ1) is 21.2. The minimum Gasteiger partial charge on any atom is -0.489 e. The number of carbonyl (C=O) groups excluding carboxylic acids is 2. The van der Waals surface area contributed by atoms with Crippen molar-refractivity contribution < 1.29 is 32.9 Å². The van der Waals surface area contributed by atoms with E-state index in [0.29, 0.717) is 22.9 Å². The first-order valence-electron chi connectivity index (χ1n) is 9.87. The molecule has 1 heterocycles. The standard InChI is InChI=1S/C24H20FNO6/c1-15(23(27)26-19-9-10-21-22(12-19)31-14-30-21)32-24(28)17-3-2-4-20(11-17)29-13-16-5-7-18(25)8-6-16/h2-12,15H,13-14H2,1H3,(H,26,27). The van der Waals surface area contributed by atoms with E-state index >= 15 is 0 Å². The van der Waals surface area contributed by atoms with Crippen molar-refractivity contribution in [2.24, 2.45) is 0 Å². The van der Waals surface area contributed by atoms with Gasteiger partial charge in [0.2, 0.25) is 6.79 Å². The molecule has 8 heteroatoms. The molecule has 1 N–H and O–H groups in total. The van der Waals surface area contributed by atoms with Gasteiger partial charge in [-0.2, -0.15) is 0 Å². The highest BCUT2D eigenvalue weighted by molar-refractivity contribution is 5.97. The number of halogens is 1. The number of rotatable bonds is 7. The smallest absolute Gasteiger partial charge is 0.339 e. The van der Waals surface area contributed by atoms with Crippen LogP contribution in [0.3, 0.4) is 0 Å². The van der Waals surface area contributed by atoms with Crippen LogP contribution in [0.2, 0.25) is 0 Å². The zero-order chi connectivity index (χ0) is 22.5. The summed E-state index contributed by atoms with van der Waals surface area (Å²) in [5, 5.41) is 2.68. The monoisotopic (exact) mass is 437 g/mol. The molecule has 0 spiro atoms. The molecule has 0 radical (unpaired) electrons. The van der Waals surface area contributed by atoms with Gasteiger partial charge >= 0.3 is 5.97 Å². The van der Waals surface area contributed by atoms with Crippen molar-refractivity contribution >= 4 is 17.6 Å². The highest BCUT2D eigenvalue weighted by Crippen LogP contribution is 2.34. The lowest BCUT2D eigenvalue weighted by atomic mass is 10.2. The molecule has 1 amide bonds.